The molecular formula is C42H42Cl4N6O4S4. The zero-order chi connectivity index (χ0) is 42.9. The molecule has 10 nitrogen and oxygen atoms in total. The maximum absolute atomic E-state index is 13.0. The lowest BCUT2D eigenvalue weighted by Crippen LogP contribution is -2.48. The third kappa shape index (κ3) is 9.38. The summed E-state index contributed by atoms with van der Waals surface area (Å²) < 4.78 is 55.0. The van der Waals surface area contributed by atoms with Crippen molar-refractivity contribution < 1.29 is 16.8 Å². The van der Waals surface area contributed by atoms with Gasteiger partial charge in [0.25, 0.3) is 0 Å². The van der Waals surface area contributed by atoms with E-state index in [1.165, 1.54) is 43.0 Å². The third-order valence-corrected chi connectivity index (χ3v) is 18.2. The van der Waals surface area contributed by atoms with Crippen LogP contribution in [-0.2, 0) is 20.0 Å². The van der Waals surface area contributed by atoms with Crippen molar-refractivity contribution in [2.75, 3.05) is 62.2 Å². The van der Waals surface area contributed by atoms with Gasteiger partial charge in [-0.15, -0.1) is 22.7 Å². The van der Waals surface area contributed by atoms with Crippen LogP contribution in [0.25, 0.3) is 22.5 Å². The average Bonchev–Trinajstić information content (AvgIpc) is 3.94. The summed E-state index contributed by atoms with van der Waals surface area (Å²) in [6, 6.07) is 21.9. The molecule has 2 fully saturated rings. The van der Waals surface area contributed by atoms with Crippen LogP contribution in [0.1, 0.15) is 22.3 Å². The van der Waals surface area contributed by atoms with Crippen LogP contribution in [0.3, 0.4) is 0 Å². The van der Waals surface area contributed by atoms with Gasteiger partial charge in [-0.1, -0.05) is 94.4 Å². The molecule has 8 rings (SSSR count). The molecule has 0 bridgehead atoms. The Morgan fingerprint density at radius 3 is 1.47 bits per heavy atom. The van der Waals surface area contributed by atoms with Gasteiger partial charge in [0, 0.05) is 74.2 Å². The minimum absolute atomic E-state index is 0.0524. The van der Waals surface area contributed by atoms with E-state index in [0.717, 1.165) is 32.8 Å². The Bertz CT molecular complexity index is 2610. The lowest BCUT2D eigenvalue weighted by Gasteiger charge is -2.34. The minimum Gasteiger partial charge on any atom is -0.345 e. The zero-order valence-electron chi connectivity index (χ0n) is 33.2. The Labute approximate surface area is 380 Å². The molecule has 0 saturated carbocycles. The highest BCUT2D eigenvalue weighted by Gasteiger charge is 2.33. The number of hydrogen-bond acceptors (Lipinski definition) is 10. The van der Waals surface area contributed by atoms with Crippen LogP contribution in [0, 0.1) is 27.7 Å². The highest BCUT2D eigenvalue weighted by atomic mass is 35.5. The Hall–Kier alpha value is -3.28. The van der Waals surface area contributed by atoms with E-state index in [-0.39, 0.29) is 29.9 Å². The Morgan fingerprint density at radius 2 is 0.983 bits per heavy atom. The summed E-state index contributed by atoms with van der Waals surface area (Å²) in [6.07, 6.45) is 0. The van der Waals surface area contributed by atoms with Crippen molar-refractivity contribution >= 4 is 99.4 Å². The Balaban J connectivity index is 0.000000181. The van der Waals surface area contributed by atoms with Crippen molar-refractivity contribution in [3.63, 3.8) is 0 Å². The molecule has 0 spiro atoms. The van der Waals surface area contributed by atoms with Crippen LogP contribution in [0.2, 0.25) is 20.1 Å². The molecule has 0 radical (unpaired) electrons. The van der Waals surface area contributed by atoms with E-state index in [0.29, 0.717) is 52.4 Å². The number of hydrogen-bond donors (Lipinski definition) is 0. The smallest absolute Gasteiger partial charge is 0.244 e. The van der Waals surface area contributed by atoms with E-state index in [2.05, 4.69) is 78.6 Å². The maximum Gasteiger partial charge on any atom is 0.244 e. The molecule has 18 heteroatoms. The van der Waals surface area contributed by atoms with Gasteiger partial charge in [-0.2, -0.15) is 8.61 Å². The summed E-state index contributed by atoms with van der Waals surface area (Å²) in [7, 11) is -7.39. The normalized spacial score (nSPS) is 15.5. The van der Waals surface area contributed by atoms with Gasteiger partial charge in [0.2, 0.25) is 20.0 Å². The number of nitrogens with zero attached hydrogens (tertiary/aromatic N) is 6. The predicted molar refractivity (Wildman–Crippen MR) is 249 cm³/mol. The minimum atomic E-state index is -3.70. The van der Waals surface area contributed by atoms with Crippen LogP contribution in [-0.4, -0.2) is 87.8 Å². The zero-order valence-corrected chi connectivity index (χ0v) is 39.5. The number of halogens is 4. The highest BCUT2D eigenvalue weighted by Crippen LogP contribution is 2.36. The first-order valence-electron chi connectivity index (χ1n) is 19.0. The molecule has 0 unspecified atom stereocenters. The summed E-state index contributed by atoms with van der Waals surface area (Å²) in [5.41, 5.74) is 9.03. The van der Waals surface area contributed by atoms with Crippen molar-refractivity contribution in [3.8, 4) is 22.5 Å². The maximum atomic E-state index is 13.0. The van der Waals surface area contributed by atoms with Crippen LogP contribution in [0.5, 0.6) is 0 Å². The Morgan fingerprint density at radius 1 is 0.533 bits per heavy atom. The van der Waals surface area contributed by atoms with Crippen molar-refractivity contribution in [2.45, 2.75) is 37.5 Å². The summed E-state index contributed by atoms with van der Waals surface area (Å²) in [5.74, 6) is 0. The first kappa shape index (κ1) is 44.8. The molecule has 4 aromatic carbocycles. The van der Waals surface area contributed by atoms with E-state index < -0.39 is 20.0 Å². The first-order chi connectivity index (χ1) is 28.6. The van der Waals surface area contributed by atoms with E-state index in [9.17, 15) is 16.8 Å². The molecule has 2 aromatic heterocycles. The second-order valence-electron chi connectivity index (χ2n) is 14.5. The lowest BCUT2D eigenvalue weighted by atomic mass is 10.0. The molecule has 316 valence electrons. The lowest BCUT2D eigenvalue weighted by molar-refractivity contribution is 0.384. The number of piperazine rings is 2. The molecule has 4 heterocycles. The van der Waals surface area contributed by atoms with Crippen molar-refractivity contribution in [1.82, 2.24) is 18.6 Å². The molecule has 2 aliphatic heterocycles. The summed E-state index contributed by atoms with van der Waals surface area (Å²) in [4.78, 5) is 14.0. The van der Waals surface area contributed by atoms with Gasteiger partial charge in [-0.25, -0.2) is 26.8 Å². The summed E-state index contributed by atoms with van der Waals surface area (Å²) in [6.45, 7) is 12.1. The number of aryl methyl sites for hydroxylation is 3. The first-order valence-corrected chi connectivity index (χ1v) is 25.1. The number of benzene rings is 4. The van der Waals surface area contributed by atoms with Gasteiger partial charge in [0.05, 0.1) is 31.5 Å². The number of thiazole rings is 2. The van der Waals surface area contributed by atoms with Gasteiger partial charge in [0.1, 0.15) is 9.79 Å². The second-order valence-corrected chi connectivity index (χ2v) is 21.5. The fraction of sp³-hybridized carbons (Fsp3) is 0.286. The van der Waals surface area contributed by atoms with Gasteiger partial charge in [0.15, 0.2) is 10.3 Å². The van der Waals surface area contributed by atoms with Gasteiger partial charge in [-0.05, 0) is 74.7 Å². The van der Waals surface area contributed by atoms with Gasteiger partial charge in [-0.3, -0.25) is 0 Å². The van der Waals surface area contributed by atoms with Gasteiger partial charge >= 0.3 is 0 Å². The van der Waals surface area contributed by atoms with Crippen molar-refractivity contribution in [1.29, 1.82) is 0 Å². The quantitative estimate of drug-likeness (QED) is 0.148. The van der Waals surface area contributed by atoms with Crippen LogP contribution in [0.4, 0.5) is 10.3 Å². The summed E-state index contributed by atoms with van der Waals surface area (Å²) >= 11 is 27.5. The topological polar surface area (TPSA) is 107 Å². The van der Waals surface area contributed by atoms with E-state index in [4.69, 9.17) is 56.4 Å². The number of sulfonamides is 2. The SMILES string of the molecule is Cc1ccc(C)c(-c2csc(N3CCN(S(=O)(=O)c4cccc(Cl)c4Cl)CC3)n2)c1.Cc1cccc(-c2csc(N3CCN(S(=O)(=O)c4cccc(Cl)c4Cl)CC3)n2)c1C. The molecule has 0 atom stereocenters. The average molecular weight is 965 g/mol. The number of anilines is 2. The molecule has 2 aliphatic rings. The van der Waals surface area contributed by atoms with E-state index >= 15 is 0 Å². The molecular weight excluding hydrogens is 923 g/mol. The monoisotopic (exact) mass is 962 g/mol. The molecule has 2 saturated heterocycles. The largest absolute Gasteiger partial charge is 0.345 e. The standard InChI is InChI=1S/2C21H21Cl2N3O2S2/c1-14-5-3-6-16(15(14)2)18-13-29-21(24-18)25-9-11-26(12-10-25)30(27,28)19-8-4-7-17(22)20(19)23;1-14-6-7-15(2)16(12-14)18-13-29-21(24-18)25-8-10-26(11-9-25)30(27,28)19-5-3-4-17(22)20(19)23/h3-8,13H,9-12H2,1-2H3;3-7,12-13H,8-11H2,1-2H3. The van der Waals surface area contributed by atoms with Crippen molar-refractivity contribution in [2.24, 2.45) is 0 Å². The number of aromatic nitrogens is 2. The predicted octanol–water partition coefficient (Wildman–Crippen LogP) is 10.5. The van der Waals surface area contributed by atoms with Gasteiger partial charge < -0.3 is 9.80 Å². The molecule has 6 aromatic rings. The molecule has 60 heavy (non-hydrogen) atoms. The van der Waals surface area contributed by atoms with Crippen molar-refractivity contribution in [3.05, 3.63) is 126 Å². The second kappa shape index (κ2) is 18.6. The van der Waals surface area contributed by atoms with Crippen LogP contribution in [0.15, 0.2) is 93.3 Å². The molecule has 0 N–H and O–H groups in total. The molecule has 0 amide bonds. The van der Waals surface area contributed by atoms with E-state index in [1.807, 2.05) is 6.07 Å². The fourth-order valence-corrected chi connectivity index (χ4v) is 13.1. The molecule has 0 aliphatic carbocycles. The highest BCUT2D eigenvalue weighted by molar-refractivity contribution is 7.89. The summed E-state index contributed by atoms with van der Waals surface area (Å²) in [5, 5.41) is 6.54. The third-order valence-electron chi connectivity index (χ3n) is 10.6. The Kier molecular flexibility index (Phi) is 13.9. The van der Waals surface area contributed by atoms with E-state index in [1.54, 1.807) is 46.9 Å². The van der Waals surface area contributed by atoms with Crippen LogP contribution >= 0.6 is 69.1 Å². The number of rotatable bonds is 8. The fourth-order valence-electron chi connectivity index (χ4n) is 6.99. The van der Waals surface area contributed by atoms with Crippen LogP contribution < -0.4 is 9.80 Å².